The molecule has 0 amide bonds. The van der Waals surface area contributed by atoms with Gasteiger partial charge < -0.3 is 10.0 Å². The maximum absolute atomic E-state index is 11.0. The zero-order valence-electron chi connectivity index (χ0n) is 21.1. The summed E-state index contributed by atoms with van der Waals surface area (Å²) in [6.45, 7) is 18.8. The van der Waals surface area contributed by atoms with Gasteiger partial charge in [0.2, 0.25) is 0 Å². The summed E-state index contributed by atoms with van der Waals surface area (Å²) in [6, 6.07) is 13.5. The average Bonchev–Trinajstić information content (AvgIpc) is 3.50. The smallest absolute Gasteiger partial charge is 0.333 e. The second kappa shape index (κ2) is 9.06. The summed E-state index contributed by atoms with van der Waals surface area (Å²) < 4.78 is 0. The minimum Gasteiger partial charge on any atom is -0.486 e. The average molecular weight is 515 g/mol. The summed E-state index contributed by atoms with van der Waals surface area (Å²) in [7, 11) is 0. The molecule has 2 aliphatic heterocycles. The summed E-state index contributed by atoms with van der Waals surface area (Å²) in [5, 5.41) is 8.98. The maximum Gasteiger partial charge on any atom is 0.333 e. The maximum atomic E-state index is 11.0. The summed E-state index contributed by atoms with van der Waals surface area (Å²) in [6.07, 6.45) is 7.18. The third-order valence-corrected chi connectivity index (χ3v) is 9.89. The lowest BCUT2D eigenvalue weighted by molar-refractivity contribution is -0.132. The van der Waals surface area contributed by atoms with Gasteiger partial charge in [0.25, 0.3) is 5.70 Å². The van der Waals surface area contributed by atoms with Crippen molar-refractivity contribution in [1.29, 1.82) is 0 Å². The second-order valence-corrected chi connectivity index (χ2v) is 13.1. The molecule has 0 bridgehead atoms. The van der Waals surface area contributed by atoms with Crippen LogP contribution in [0.1, 0.15) is 56.5 Å². The molecule has 0 radical (unpaired) electrons. The fourth-order valence-electron chi connectivity index (χ4n) is 5.17. The Kier molecular flexibility index (Phi) is 6.18. The van der Waals surface area contributed by atoms with Crippen molar-refractivity contribution < 1.29 is 9.90 Å². The zero-order valence-corrected chi connectivity index (χ0v) is 22.7. The van der Waals surface area contributed by atoms with Crippen LogP contribution in [0.15, 0.2) is 54.2 Å². The van der Waals surface area contributed by atoms with Gasteiger partial charge in [-0.3, -0.25) is 4.79 Å². The molecule has 0 saturated carbocycles. The van der Waals surface area contributed by atoms with Gasteiger partial charge >= 0.3 is 5.97 Å². The molecule has 0 spiro atoms. The third kappa shape index (κ3) is 4.42. The largest absolute Gasteiger partial charge is 0.486 e. The number of carbonyl (C=O) groups is 1. The standard InChI is InChI=1S/C30H30N2O2S2/c1-29(2)13-15-32-16-14-30(3,4)22-18-19(17-21(29)27(22)32)24-11-12-26(36-24)25-10-9-20(35-25)7-6-8-23(31-5)28(33)34/h6-12,17-18H,13-16H2,1-4H3,(H,33,34)/b7-6+,23-8-. The lowest BCUT2D eigenvalue weighted by Crippen LogP contribution is -2.44. The van der Waals surface area contributed by atoms with Gasteiger partial charge in [0.1, 0.15) is 0 Å². The molecule has 1 N–H and O–H groups in total. The molecule has 0 atom stereocenters. The normalized spacial score (nSPS) is 18.2. The lowest BCUT2D eigenvalue weighted by atomic mass is 9.69. The van der Waals surface area contributed by atoms with Crippen LogP contribution in [0.4, 0.5) is 5.69 Å². The molecule has 36 heavy (non-hydrogen) atoms. The van der Waals surface area contributed by atoms with Crippen LogP contribution in [-0.2, 0) is 15.6 Å². The van der Waals surface area contributed by atoms with Gasteiger partial charge in [-0.25, -0.2) is 4.85 Å². The number of anilines is 1. The molecule has 0 fully saturated rings. The van der Waals surface area contributed by atoms with Crippen LogP contribution >= 0.6 is 22.7 Å². The number of nitrogens with zero attached hydrogens (tertiary/aromatic N) is 2. The van der Waals surface area contributed by atoms with E-state index < -0.39 is 5.97 Å². The highest BCUT2D eigenvalue weighted by molar-refractivity contribution is 7.24. The van der Waals surface area contributed by atoms with Gasteiger partial charge in [-0.2, -0.15) is 0 Å². The molecule has 4 nitrogen and oxygen atoms in total. The molecule has 0 saturated heterocycles. The highest BCUT2D eigenvalue weighted by Crippen LogP contribution is 2.51. The molecule has 6 heteroatoms. The molecular weight excluding hydrogens is 484 g/mol. The number of thiophene rings is 2. The van der Waals surface area contributed by atoms with E-state index in [0.29, 0.717) is 0 Å². The van der Waals surface area contributed by atoms with E-state index in [1.807, 2.05) is 23.5 Å². The Labute approximate surface area is 221 Å². The molecule has 2 aliphatic rings. The number of carboxylic acids is 1. The SMILES string of the molecule is [C-]#[N+]/C(=C\C=C\c1ccc(-c2ccc(-c3cc4c5c(c3)C(C)(C)CCN5CCC4(C)C)s2)s1)C(=O)O. The zero-order chi connectivity index (χ0) is 25.7. The summed E-state index contributed by atoms with van der Waals surface area (Å²) in [5.74, 6) is -1.21. The van der Waals surface area contributed by atoms with Crippen LogP contribution in [0.25, 0.3) is 31.1 Å². The van der Waals surface area contributed by atoms with Crippen molar-refractivity contribution in [2.75, 3.05) is 18.0 Å². The van der Waals surface area contributed by atoms with Crippen LogP contribution in [0.2, 0.25) is 0 Å². The Balaban J connectivity index is 1.47. The van der Waals surface area contributed by atoms with Gasteiger partial charge in [-0.05, 0) is 88.9 Å². The summed E-state index contributed by atoms with van der Waals surface area (Å²) in [5.41, 5.74) is 5.82. The molecular formula is C30H30N2O2S2. The van der Waals surface area contributed by atoms with Crippen molar-refractivity contribution in [2.45, 2.75) is 51.4 Å². The fraction of sp³-hybridized carbons (Fsp3) is 0.333. The molecule has 2 aromatic heterocycles. The molecule has 184 valence electrons. The predicted molar refractivity (Wildman–Crippen MR) is 152 cm³/mol. The van der Waals surface area contributed by atoms with Crippen molar-refractivity contribution >= 4 is 40.4 Å². The third-order valence-electron chi connectivity index (χ3n) is 7.51. The lowest BCUT2D eigenvalue weighted by Gasteiger charge is -2.48. The van der Waals surface area contributed by atoms with Crippen LogP contribution in [-0.4, -0.2) is 24.2 Å². The van der Waals surface area contributed by atoms with Crippen molar-refractivity contribution in [3.63, 3.8) is 0 Å². The predicted octanol–water partition coefficient (Wildman–Crippen LogP) is 8.21. The minimum absolute atomic E-state index is 0.168. The first-order valence-electron chi connectivity index (χ1n) is 12.2. The highest BCUT2D eigenvalue weighted by Gasteiger charge is 2.40. The van der Waals surface area contributed by atoms with E-state index in [2.05, 4.69) is 67.8 Å². The monoisotopic (exact) mass is 514 g/mol. The number of hydrogen-bond donors (Lipinski definition) is 1. The number of allylic oxidation sites excluding steroid dienone is 2. The van der Waals surface area contributed by atoms with E-state index >= 15 is 0 Å². The Morgan fingerprint density at radius 1 is 0.972 bits per heavy atom. The first-order valence-corrected chi connectivity index (χ1v) is 13.9. The van der Waals surface area contributed by atoms with Gasteiger partial charge in [0, 0.05) is 38.3 Å². The van der Waals surface area contributed by atoms with Crippen LogP contribution in [0.5, 0.6) is 0 Å². The van der Waals surface area contributed by atoms with Crippen molar-refractivity contribution in [3.8, 4) is 20.2 Å². The first-order chi connectivity index (χ1) is 17.1. The highest BCUT2D eigenvalue weighted by atomic mass is 32.1. The number of rotatable bonds is 5. The summed E-state index contributed by atoms with van der Waals surface area (Å²) >= 11 is 3.49. The van der Waals surface area contributed by atoms with Gasteiger partial charge in [0.05, 0.1) is 6.57 Å². The summed E-state index contributed by atoms with van der Waals surface area (Å²) in [4.78, 5) is 21.3. The van der Waals surface area contributed by atoms with Crippen LogP contribution < -0.4 is 4.90 Å². The number of hydrogen-bond acceptors (Lipinski definition) is 4. The molecule has 3 aromatic rings. The van der Waals surface area contributed by atoms with Crippen LogP contribution in [0, 0.1) is 6.57 Å². The minimum atomic E-state index is -1.21. The molecule has 5 rings (SSSR count). The van der Waals surface area contributed by atoms with Gasteiger partial charge in [-0.15, -0.1) is 22.7 Å². The Morgan fingerprint density at radius 3 is 2.17 bits per heavy atom. The quantitative estimate of drug-likeness (QED) is 0.212. The van der Waals surface area contributed by atoms with E-state index in [9.17, 15) is 4.79 Å². The second-order valence-electron chi connectivity index (χ2n) is 10.9. The number of carboxylic acid groups (broad SMARTS) is 1. The molecule has 0 aliphatic carbocycles. The van der Waals surface area contributed by atoms with E-state index in [1.165, 1.54) is 55.9 Å². The van der Waals surface area contributed by atoms with E-state index in [4.69, 9.17) is 11.7 Å². The first kappa shape index (κ1) is 24.5. The molecule has 4 heterocycles. The fourth-order valence-corrected chi connectivity index (χ4v) is 7.18. The van der Waals surface area contributed by atoms with Gasteiger partial charge in [-0.1, -0.05) is 33.8 Å². The Morgan fingerprint density at radius 2 is 1.56 bits per heavy atom. The number of benzene rings is 1. The van der Waals surface area contributed by atoms with Crippen LogP contribution in [0.3, 0.4) is 0 Å². The van der Waals surface area contributed by atoms with Crippen molar-refractivity contribution in [2.24, 2.45) is 0 Å². The Hall–Kier alpha value is -3.14. The Bertz CT molecular complexity index is 1400. The van der Waals surface area contributed by atoms with E-state index in [0.717, 1.165) is 18.0 Å². The van der Waals surface area contributed by atoms with Gasteiger partial charge in [0.15, 0.2) is 0 Å². The van der Waals surface area contributed by atoms with E-state index in [-0.39, 0.29) is 16.5 Å². The molecule has 1 aromatic carbocycles. The topological polar surface area (TPSA) is 44.9 Å². The van der Waals surface area contributed by atoms with E-state index in [1.54, 1.807) is 17.4 Å². The molecule has 0 unspecified atom stereocenters. The van der Waals surface area contributed by atoms with Crippen molar-refractivity contribution in [1.82, 2.24) is 0 Å². The van der Waals surface area contributed by atoms with Crippen molar-refractivity contribution in [3.05, 3.63) is 81.7 Å². The number of aliphatic carboxylic acids is 1.